The van der Waals surface area contributed by atoms with E-state index in [0.29, 0.717) is 21.2 Å². The highest BCUT2D eigenvalue weighted by molar-refractivity contribution is 7.16. The molecule has 156 valence electrons. The molecule has 0 bridgehead atoms. The molecule has 1 heterocycles. The van der Waals surface area contributed by atoms with Gasteiger partial charge in [0.2, 0.25) is 5.91 Å². The van der Waals surface area contributed by atoms with Crippen molar-refractivity contribution in [2.45, 2.75) is 40.2 Å². The van der Waals surface area contributed by atoms with Gasteiger partial charge in [0.1, 0.15) is 5.00 Å². The summed E-state index contributed by atoms with van der Waals surface area (Å²) in [7, 11) is 0. The number of carbonyl (C=O) groups is 3. The molecule has 29 heavy (non-hydrogen) atoms. The van der Waals surface area contributed by atoms with Crippen molar-refractivity contribution in [3.63, 3.8) is 0 Å². The fraction of sp³-hybridized carbons (Fsp3) is 0.381. The summed E-state index contributed by atoms with van der Waals surface area (Å²) in [4.78, 5) is 38.2. The Bertz CT molecular complexity index is 906. The van der Waals surface area contributed by atoms with Crippen molar-refractivity contribution in [2.75, 3.05) is 11.9 Å². The molecule has 6 nitrogen and oxygen atoms in total. The first kappa shape index (κ1) is 23.1. The Hall–Kier alpha value is -2.22. The van der Waals surface area contributed by atoms with Crippen LogP contribution in [0.15, 0.2) is 24.3 Å². The summed E-state index contributed by atoms with van der Waals surface area (Å²) in [5.74, 6) is -1.10. The number of halogens is 1. The highest BCUT2D eigenvalue weighted by Gasteiger charge is 2.25. The first-order valence-electron chi connectivity index (χ1n) is 9.22. The maximum absolute atomic E-state index is 13.0. The number of hydrogen-bond donors (Lipinski definition) is 2. The summed E-state index contributed by atoms with van der Waals surface area (Å²) in [6, 6.07) is 5.48. The Balaban J connectivity index is 2.15. The number of benzene rings is 1. The number of ether oxygens (including phenoxy) is 1. The van der Waals surface area contributed by atoms with Crippen molar-refractivity contribution in [3.05, 3.63) is 50.9 Å². The predicted octanol–water partition coefficient (Wildman–Crippen LogP) is 4.10. The van der Waals surface area contributed by atoms with E-state index in [0.717, 1.165) is 10.4 Å². The largest absolute Gasteiger partial charge is 0.465 e. The minimum Gasteiger partial charge on any atom is -0.465 e. The van der Waals surface area contributed by atoms with Gasteiger partial charge < -0.3 is 15.8 Å². The Morgan fingerprint density at radius 3 is 2.38 bits per heavy atom. The number of nitrogens with two attached hydrogens (primary N) is 1. The lowest BCUT2D eigenvalue weighted by Gasteiger charge is -2.13. The Morgan fingerprint density at radius 1 is 1.17 bits per heavy atom. The van der Waals surface area contributed by atoms with Gasteiger partial charge in [0, 0.05) is 15.5 Å². The van der Waals surface area contributed by atoms with E-state index in [4.69, 9.17) is 22.1 Å². The van der Waals surface area contributed by atoms with Crippen molar-refractivity contribution in [1.29, 1.82) is 0 Å². The summed E-state index contributed by atoms with van der Waals surface area (Å²) in [5.41, 5.74) is 7.53. The van der Waals surface area contributed by atoms with Gasteiger partial charge in [0.15, 0.2) is 5.78 Å². The van der Waals surface area contributed by atoms with Gasteiger partial charge in [0.25, 0.3) is 0 Å². The third-order valence-corrected chi connectivity index (χ3v) is 5.63. The molecular weight excluding hydrogens is 412 g/mol. The zero-order chi connectivity index (χ0) is 21.7. The molecule has 1 amide bonds. The normalized spacial score (nSPS) is 12.0. The lowest BCUT2D eigenvalue weighted by Crippen LogP contribution is -2.38. The third kappa shape index (κ3) is 6.13. The molecule has 0 aliphatic carbocycles. The van der Waals surface area contributed by atoms with E-state index in [2.05, 4.69) is 5.32 Å². The van der Waals surface area contributed by atoms with Gasteiger partial charge in [-0.3, -0.25) is 14.4 Å². The average Bonchev–Trinajstić information content (AvgIpc) is 2.93. The van der Waals surface area contributed by atoms with Crippen LogP contribution in [0.5, 0.6) is 0 Å². The van der Waals surface area contributed by atoms with Crippen LogP contribution < -0.4 is 11.1 Å². The maximum atomic E-state index is 13.0. The fourth-order valence-corrected chi connectivity index (χ4v) is 3.72. The molecule has 2 rings (SSSR count). The number of esters is 1. The predicted molar refractivity (Wildman–Crippen MR) is 116 cm³/mol. The molecule has 1 aromatic heterocycles. The zero-order valence-corrected chi connectivity index (χ0v) is 18.4. The molecule has 0 saturated heterocycles. The lowest BCUT2D eigenvalue weighted by molar-refractivity contribution is -0.146. The van der Waals surface area contributed by atoms with Gasteiger partial charge in [0.05, 0.1) is 24.6 Å². The number of rotatable bonds is 8. The van der Waals surface area contributed by atoms with Crippen LogP contribution in [-0.4, -0.2) is 30.3 Å². The fourth-order valence-electron chi connectivity index (χ4n) is 2.53. The van der Waals surface area contributed by atoms with Crippen LogP contribution in [0.4, 0.5) is 5.00 Å². The molecule has 3 N–H and O–H groups in total. The summed E-state index contributed by atoms with van der Waals surface area (Å²) in [5, 5.41) is 3.65. The number of amides is 1. The standard InChI is InChI=1S/C21H25ClN2O4S/c1-11(2)10-28-17(25)9-16(23)20(27)24-21-18(12(3)13(4)29-21)19(26)14-5-7-15(22)8-6-14/h5-8,11,16H,9-10,23H2,1-4H3,(H,24,27)/t16-/m0/s1. The topological polar surface area (TPSA) is 98.5 Å². The van der Waals surface area contributed by atoms with Crippen LogP contribution in [0.3, 0.4) is 0 Å². The van der Waals surface area contributed by atoms with Crippen LogP contribution >= 0.6 is 22.9 Å². The number of hydrogen-bond acceptors (Lipinski definition) is 6. The van der Waals surface area contributed by atoms with E-state index >= 15 is 0 Å². The van der Waals surface area contributed by atoms with E-state index in [1.54, 1.807) is 24.3 Å². The van der Waals surface area contributed by atoms with E-state index in [9.17, 15) is 14.4 Å². The van der Waals surface area contributed by atoms with Crippen molar-refractivity contribution in [1.82, 2.24) is 0 Å². The molecule has 0 aliphatic rings. The Labute approximate surface area is 179 Å². The van der Waals surface area contributed by atoms with Gasteiger partial charge >= 0.3 is 5.97 Å². The van der Waals surface area contributed by atoms with Crippen LogP contribution in [-0.2, 0) is 14.3 Å². The minimum absolute atomic E-state index is 0.197. The maximum Gasteiger partial charge on any atom is 0.307 e. The first-order chi connectivity index (χ1) is 13.6. The highest BCUT2D eigenvalue weighted by atomic mass is 35.5. The van der Waals surface area contributed by atoms with Crippen molar-refractivity contribution >= 4 is 45.6 Å². The van der Waals surface area contributed by atoms with Gasteiger partial charge in [-0.2, -0.15) is 0 Å². The molecule has 0 aliphatic heterocycles. The highest BCUT2D eigenvalue weighted by Crippen LogP contribution is 2.34. The van der Waals surface area contributed by atoms with Crippen LogP contribution in [0.2, 0.25) is 5.02 Å². The van der Waals surface area contributed by atoms with Crippen molar-refractivity contribution in [2.24, 2.45) is 11.7 Å². The number of anilines is 1. The molecule has 1 atom stereocenters. The molecule has 0 saturated carbocycles. The van der Waals surface area contributed by atoms with Crippen molar-refractivity contribution in [3.8, 4) is 0 Å². The van der Waals surface area contributed by atoms with E-state index in [1.165, 1.54) is 11.3 Å². The minimum atomic E-state index is -1.07. The Morgan fingerprint density at radius 2 is 1.79 bits per heavy atom. The molecular formula is C21H25ClN2O4S. The van der Waals surface area contributed by atoms with E-state index in [-0.39, 0.29) is 24.7 Å². The summed E-state index contributed by atoms with van der Waals surface area (Å²) < 4.78 is 5.07. The lowest BCUT2D eigenvalue weighted by atomic mass is 10.0. The number of carbonyl (C=O) groups excluding carboxylic acids is 3. The second-order valence-corrected chi connectivity index (χ2v) is 8.86. The van der Waals surface area contributed by atoms with Gasteiger partial charge in [-0.25, -0.2) is 0 Å². The number of aryl methyl sites for hydroxylation is 1. The van der Waals surface area contributed by atoms with Gasteiger partial charge in [-0.15, -0.1) is 11.3 Å². The first-order valence-corrected chi connectivity index (χ1v) is 10.4. The molecule has 1 aromatic carbocycles. The van der Waals surface area contributed by atoms with Crippen LogP contribution in [0, 0.1) is 19.8 Å². The second-order valence-electron chi connectivity index (χ2n) is 7.20. The molecule has 8 heteroatoms. The van der Waals surface area contributed by atoms with Crippen LogP contribution in [0.25, 0.3) is 0 Å². The molecule has 0 unspecified atom stereocenters. The van der Waals surface area contributed by atoms with E-state index < -0.39 is 17.9 Å². The number of thiophene rings is 1. The number of nitrogens with one attached hydrogen (secondary N) is 1. The average molecular weight is 437 g/mol. The molecule has 2 aromatic rings. The molecule has 0 spiro atoms. The SMILES string of the molecule is Cc1sc(NC(=O)[C@@H](N)CC(=O)OCC(C)C)c(C(=O)c2ccc(Cl)cc2)c1C. The summed E-state index contributed by atoms with van der Waals surface area (Å²) in [6.45, 7) is 7.81. The Kier molecular flexibility index (Phi) is 7.96. The third-order valence-electron chi connectivity index (χ3n) is 4.26. The second kappa shape index (κ2) is 10.0. The molecule has 0 fully saturated rings. The van der Waals surface area contributed by atoms with Gasteiger partial charge in [-0.05, 0) is 49.6 Å². The monoisotopic (exact) mass is 436 g/mol. The summed E-state index contributed by atoms with van der Waals surface area (Å²) >= 11 is 7.19. The summed E-state index contributed by atoms with van der Waals surface area (Å²) in [6.07, 6.45) is -0.234. The van der Waals surface area contributed by atoms with Crippen molar-refractivity contribution < 1.29 is 19.1 Å². The van der Waals surface area contributed by atoms with E-state index in [1.807, 2.05) is 27.7 Å². The quantitative estimate of drug-likeness (QED) is 0.479. The van der Waals surface area contributed by atoms with Gasteiger partial charge in [-0.1, -0.05) is 25.4 Å². The number of ketones is 1. The zero-order valence-electron chi connectivity index (χ0n) is 16.9. The smallest absolute Gasteiger partial charge is 0.307 e. The van der Waals surface area contributed by atoms with Crippen LogP contribution in [0.1, 0.15) is 46.6 Å². The molecule has 0 radical (unpaired) electrons.